The zero-order valence-corrected chi connectivity index (χ0v) is 30.7. The molecule has 7 aromatic carbocycles. The molecular formula is C51H33N5O. The molecule has 0 radical (unpaired) electrons. The highest BCUT2D eigenvalue weighted by atomic mass is 16.3. The number of nitrogens with zero attached hydrogens (tertiary/aromatic N) is 5. The summed E-state index contributed by atoms with van der Waals surface area (Å²) in [5.74, 6) is 1.64. The van der Waals surface area contributed by atoms with Crippen molar-refractivity contribution in [1.82, 2.24) is 24.5 Å². The van der Waals surface area contributed by atoms with Gasteiger partial charge in [-0.3, -0.25) is 4.57 Å². The molecule has 0 amide bonds. The third-order valence-electron chi connectivity index (χ3n) is 11.1. The van der Waals surface area contributed by atoms with Gasteiger partial charge in [-0.1, -0.05) is 152 Å². The SMILES string of the molecule is c1ccc(C(c2ccccc2)(c2ccccc2)c2cccc(-c3nc(-c4ccc5c(c4)oc4ncccc45)nc(-n4c5ccccc5c5ccccc54)n3)c2)cc1. The maximum absolute atomic E-state index is 6.24. The molecule has 57 heavy (non-hydrogen) atoms. The average Bonchev–Trinajstić information content (AvgIpc) is 3.83. The van der Waals surface area contributed by atoms with E-state index in [4.69, 9.17) is 19.4 Å². The molecule has 0 fully saturated rings. The van der Waals surface area contributed by atoms with Crippen LogP contribution in [0.2, 0.25) is 0 Å². The second kappa shape index (κ2) is 13.3. The van der Waals surface area contributed by atoms with Crippen LogP contribution in [0.25, 0.3) is 72.6 Å². The molecule has 6 heteroatoms. The predicted octanol–water partition coefficient (Wildman–Crippen LogP) is 12.0. The lowest BCUT2D eigenvalue weighted by atomic mass is 9.65. The highest BCUT2D eigenvalue weighted by Gasteiger charge is 2.38. The van der Waals surface area contributed by atoms with Crippen LogP contribution in [0.5, 0.6) is 0 Å². The van der Waals surface area contributed by atoms with Crippen LogP contribution in [0.15, 0.2) is 205 Å². The highest BCUT2D eigenvalue weighted by molar-refractivity contribution is 6.09. The monoisotopic (exact) mass is 731 g/mol. The van der Waals surface area contributed by atoms with Gasteiger partial charge in [0.05, 0.1) is 16.4 Å². The summed E-state index contributed by atoms with van der Waals surface area (Å²) in [7, 11) is 0. The molecule has 0 atom stereocenters. The minimum Gasteiger partial charge on any atom is -0.438 e. The fourth-order valence-corrected chi connectivity index (χ4v) is 8.57. The van der Waals surface area contributed by atoms with Gasteiger partial charge in [-0.2, -0.15) is 9.97 Å². The van der Waals surface area contributed by atoms with Crippen LogP contribution in [0.3, 0.4) is 0 Å². The number of para-hydroxylation sites is 2. The first kappa shape index (κ1) is 32.7. The van der Waals surface area contributed by atoms with E-state index in [1.165, 1.54) is 0 Å². The summed E-state index contributed by atoms with van der Waals surface area (Å²) in [6, 6.07) is 67.8. The molecule has 0 spiro atoms. The molecule has 268 valence electrons. The normalized spacial score (nSPS) is 11.9. The Morgan fingerprint density at radius 2 is 0.930 bits per heavy atom. The van der Waals surface area contributed by atoms with E-state index in [0.29, 0.717) is 23.3 Å². The Labute approximate surface area is 328 Å². The quantitative estimate of drug-likeness (QED) is 0.153. The first-order valence-corrected chi connectivity index (χ1v) is 19.1. The molecule has 4 heterocycles. The van der Waals surface area contributed by atoms with Crippen molar-refractivity contribution in [2.24, 2.45) is 0 Å². The molecule has 0 N–H and O–H groups in total. The first-order chi connectivity index (χ1) is 28.3. The Hall–Kier alpha value is -7.70. The van der Waals surface area contributed by atoms with Crippen LogP contribution in [0.1, 0.15) is 22.3 Å². The van der Waals surface area contributed by atoms with Crippen molar-refractivity contribution in [3.63, 3.8) is 0 Å². The second-order valence-electron chi connectivity index (χ2n) is 14.3. The molecule has 4 aromatic heterocycles. The van der Waals surface area contributed by atoms with Gasteiger partial charge in [-0.25, -0.2) is 9.97 Å². The second-order valence-corrected chi connectivity index (χ2v) is 14.3. The van der Waals surface area contributed by atoms with Crippen LogP contribution in [-0.2, 0) is 5.41 Å². The third kappa shape index (κ3) is 5.26. The Bertz CT molecular complexity index is 3090. The number of fused-ring (bicyclic) bond motifs is 6. The summed E-state index contributed by atoms with van der Waals surface area (Å²) in [6.07, 6.45) is 1.75. The fourth-order valence-electron chi connectivity index (χ4n) is 8.57. The summed E-state index contributed by atoms with van der Waals surface area (Å²) >= 11 is 0. The summed E-state index contributed by atoms with van der Waals surface area (Å²) < 4.78 is 8.39. The Morgan fingerprint density at radius 3 is 1.54 bits per heavy atom. The van der Waals surface area contributed by atoms with Crippen molar-refractivity contribution >= 4 is 43.9 Å². The number of rotatable bonds is 7. The number of hydrogen-bond donors (Lipinski definition) is 0. The van der Waals surface area contributed by atoms with Crippen LogP contribution >= 0.6 is 0 Å². The van der Waals surface area contributed by atoms with E-state index >= 15 is 0 Å². The summed E-state index contributed by atoms with van der Waals surface area (Å²) in [5.41, 5.74) is 9.00. The van der Waals surface area contributed by atoms with Gasteiger partial charge in [0.25, 0.3) is 0 Å². The van der Waals surface area contributed by atoms with Crippen molar-refractivity contribution in [3.05, 3.63) is 223 Å². The number of benzene rings is 7. The molecule has 0 saturated heterocycles. The standard InChI is InChI=1S/C51H33N5O/c1-4-17-36(18-5-1)51(37-19-6-2-7-20-37,38-21-8-3-9-22-38)39-23-14-16-34(32-39)47-53-48(35-29-30-42-43-26-15-31-52-49(43)57-46(42)33-35)55-50(54-47)56-44-27-12-10-24-40(44)41-25-11-13-28-45(41)56/h1-33H. The van der Waals surface area contributed by atoms with Gasteiger partial charge in [0.2, 0.25) is 11.7 Å². The smallest absolute Gasteiger partial charge is 0.238 e. The van der Waals surface area contributed by atoms with E-state index in [1.807, 2.05) is 18.2 Å². The zero-order valence-electron chi connectivity index (χ0n) is 30.7. The van der Waals surface area contributed by atoms with Gasteiger partial charge >= 0.3 is 0 Å². The molecule has 0 aliphatic carbocycles. The maximum atomic E-state index is 6.24. The zero-order chi connectivity index (χ0) is 37.8. The molecule has 0 bridgehead atoms. The molecule has 0 unspecified atom stereocenters. The van der Waals surface area contributed by atoms with Crippen molar-refractivity contribution in [2.45, 2.75) is 5.41 Å². The van der Waals surface area contributed by atoms with Crippen molar-refractivity contribution in [2.75, 3.05) is 0 Å². The summed E-state index contributed by atoms with van der Waals surface area (Å²) in [4.78, 5) is 20.3. The van der Waals surface area contributed by atoms with Crippen molar-refractivity contribution in [3.8, 4) is 28.7 Å². The lowest BCUT2D eigenvalue weighted by molar-refractivity contribution is 0.654. The highest BCUT2D eigenvalue weighted by Crippen LogP contribution is 2.46. The minimum absolute atomic E-state index is 0.532. The first-order valence-electron chi connectivity index (χ1n) is 19.1. The molecule has 11 rings (SSSR count). The van der Waals surface area contributed by atoms with E-state index in [1.54, 1.807) is 6.20 Å². The van der Waals surface area contributed by atoms with E-state index in [2.05, 4.69) is 185 Å². The van der Waals surface area contributed by atoms with Gasteiger partial charge in [0.1, 0.15) is 5.58 Å². The van der Waals surface area contributed by atoms with E-state index in [-0.39, 0.29) is 0 Å². The minimum atomic E-state index is -0.633. The van der Waals surface area contributed by atoms with E-state index in [9.17, 15) is 0 Å². The van der Waals surface area contributed by atoms with Gasteiger partial charge in [0.15, 0.2) is 11.6 Å². The Kier molecular flexibility index (Phi) is 7.60. The van der Waals surface area contributed by atoms with Crippen LogP contribution in [0.4, 0.5) is 0 Å². The number of furan rings is 1. The van der Waals surface area contributed by atoms with E-state index in [0.717, 1.165) is 71.5 Å². The third-order valence-corrected chi connectivity index (χ3v) is 11.1. The van der Waals surface area contributed by atoms with Crippen molar-refractivity contribution in [1.29, 1.82) is 0 Å². The van der Waals surface area contributed by atoms with Gasteiger partial charge in [-0.15, -0.1) is 0 Å². The van der Waals surface area contributed by atoms with Crippen LogP contribution < -0.4 is 0 Å². The predicted molar refractivity (Wildman–Crippen MR) is 228 cm³/mol. The number of aromatic nitrogens is 5. The molecule has 0 aliphatic rings. The fraction of sp³-hybridized carbons (Fsp3) is 0.0196. The largest absolute Gasteiger partial charge is 0.438 e. The van der Waals surface area contributed by atoms with Crippen LogP contribution in [-0.4, -0.2) is 24.5 Å². The molecular weight excluding hydrogens is 699 g/mol. The molecule has 11 aromatic rings. The van der Waals surface area contributed by atoms with Gasteiger partial charge in [0, 0.05) is 38.9 Å². The average molecular weight is 732 g/mol. The van der Waals surface area contributed by atoms with Gasteiger partial charge < -0.3 is 4.42 Å². The molecule has 0 aliphatic heterocycles. The Balaban J connectivity index is 1.18. The summed E-state index contributed by atoms with van der Waals surface area (Å²) in [5, 5.41) is 4.23. The lowest BCUT2D eigenvalue weighted by Gasteiger charge is -2.37. The van der Waals surface area contributed by atoms with Crippen molar-refractivity contribution < 1.29 is 4.42 Å². The topological polar surface area (TPSA) is 69.6 Å². The summed E-state index contributed by atoms with van der Waals surface area (Å²) in [6.45, 7) is 0. The number of pyridine rings is 1. The van der Waals surface area contributed by atoms with Gasteiger partial charge in [-0.05, 0) is 64.7 Å². The maximum Gasteiger partial charge on any atom is 0.238 e. The molecule has 0 saturated carbocycles. The Morgan fingerprint density at radius 1 is 0.404 bits per heavy atom. The number of hydrogen-bond acceptors (Lipinski definition) is 5. The van der Waals surface area contributed by atoms with Crippen LogP contribution in [0, 0.1) is 0 Å². The molecule has 6 nitrogen and oxygen atoms in total. The van der Waals surface area contributed by atoms with E-state index < -0.39 is 5.41 Å². The lowest BCUT2D eigenvalue weighted by Crippen LogP contribution is -2.31.